The fourth-order valence-corrected chi connectivity index (χ4v) is 10.5. The molecule has 3 heterocycles. The number of methoxy groups -OCH3 is 1. The molecule has 3 aromatic carbocycles. The van der Waals surface area contributed by atoms with E-state index in [1.807, 2.05) is 108 Å². The van der Waals surface area contributed by atoms with Gasteiger partial charge in [-0.3, -0.25) is 29.0 Å². The molecule has 0 bridgehead atoms. The SMILES string of the molecule is CC(C)(C)NC(=O)[C@@H]1C[C@@H]2CCCC[C@@H]2CN1C[C@@H](O)[C@H](Cc1ccccc1)NC(=O)[C@H](CC(N)=O)NC(=O)c1ccc2ccccc2n1.COc1ccc2c(c1)N(C(=O)OC(C)C)[C@@H](CSC)C(=S)N2. The number of ether oxygens (including phenoxy) is 2. The number of benzene rings is 3. The van der Waals surface area contributed by atoms with E-state index in [4.69, 9.17) is 27.4 Å². The number of aromatic nitrogens is 1. The lowest BCUT2D eigenvalue weighted by Gasteiger charge is -2.47. The first kappa shape index (κ1) is 54.5. The zero-order valence-corrected chi connectivity index (χ0v) is 43.4. The van der Waals surface area contributed by atoms with E-state index in [-0.39, 0.29) is 36.7 Å². The summed E-state index contributed by atoms with van der Waals surface area (Å²) in [4.78, 5) is 74.1. The standard InChI is InChI=1S/C38H50N6O5.C15H20N2O3S2/c1-38(2,3)43-37(49)32-20-26-14-7-8-15-27(26)22-44(32)23-33(45)30(19-24-11-5-4-6-12-24)41-36(48)31(21-34(39)46)42-35(47)29-18-17-25-13-9-10-16-28(25)40-29;1-9(2)20-15(18)17-12-7-10(19-3)5-6-11(12)16-14(21)13(17)8-22-4/h4-6,9-13,16-18,26-27,30-33,45H,7-8,14-15,19-23H2,1-3H3,(H2,39,46)(H,41,48)(H,42,47)(H,43,49);5-7,9,13H,8H2,1-4H3,(H,16,21)/t26-,27+,30-,31-,32-,33+;13-/m00/s1. The molecule has 18 heteroatoms. The second-order valence-electron chi connectivity index (χ2n) is 19.9. The average Bonchev–Trinajstić information content (AvgIpc) is 3.32. The van der Waals surface area contributed by atoms with Crippen LogP contribution in [-0.2, 0) is 25.5 Å². The van der Waals surface area contributed by atoms with Gasteiger partial charge in [0.2, 0.25) is 17.7 Å². The zero-order valence-electron chi connectivity index (χ0n) is 41.8. The number of para-hydroxylation sites is 1. The first-order valence-corrected chi connectivity index (χ1v) is 26.1. The Hall–Kier alpha value is -5.82. The van der Waals surface area contributed by atoms with E-state index in [9.17, 15) is 29.1 Å². The number of hydrogen-bond acceptors (Lipinski definition) is 12. The molecule has 1 saturated heterocycles. The molecule has 1 aliphatic carbocycles. The number of rotatable bonds is 16. The number of hydrogen-bond donors (Lipinski definition) is 6. The number of carbonyl (C=O) groups is 5. The molecule has 7 atom stereocenters. The Morgan fingerprint density at radius 1 is 0.958 bits per heavy atom. The second-order valence-corrected chi connectivity index (χ2v) is 21.2. The molecule has 0 spiro atoms. The van der Waals surface area contributed by atoms with Crippen LogP contribution in [0.5, 0.6) is 5.75 Å². The summed E-state index contributed by atoms with van der Waals surface area (Å²) in [5.41, 5.74) is 8.20. The van der Waals surface area contributed by atoms with Gasteiger partial charge in [-0.2, -0.15) is 11.8 Å². The highest BCUT2D eigenvalue weighted by atomic mass is 32.2. The third kappa shape index (κ3) is 15.1. The van der Waals surface area contributed by atoms with E-state index in [0.29, 0.717) is 40.4 Å². The first-order valence-electron chi connectivity index (χ1n) is 24.3. The number of nitrogens with one attached hydrogen (secondary N) is 4. The number of pyridine rings is 1. The molecular formula is C53H70N8O8S2. The van der Waals surface area contributed by atoms with Crippen molar-refractivity contribution in [2.45, 2.75) is 121 Å². The van der Waals surface area contributed by atoms with E-state index in [2.05, 4.69) is 31.2 Å². The summed E-state index contributed by atoms with van der Waals surface area (Å²) >= 11 is 7.06. The number of carbonyl (C=O) groups excluding carboxylic acids is 5. The number of amides is 5. The second kappa shape index (κ2) is 25.0. The largest absolute Gasteiger partial charge is 0.497 e. The normalized spacial score (nSPS) is 20.1. The third-order valence-corrected chi connectivity index (χ3v) is 13.9. The van der Waals surface area contributed by atoms with Gasteiger partial charge in [-0.1, -0.05) is 86.1 Å². The van der Waals surface area contributed by atoms with Crippen LogP contribution < -0.4 is 36.6 Å². The van der Waals surface area contributed by atoms with Crippen LogP contribution in [0.25, 0.3) is 10.9 Å². The van der Waals surface area contributed by atoms with Gasteiger partial charge in [-0.15, -0.1) is 0 Å². The van der Waals surface area contributed by atoms with Crippen LogP contribution in [-0.4, -0.2) is 124 Å². The molecule has 1 aromatic heterocycles. The molecule has 5 amide bonds. The quantitative estimate of drug-likeness (QED) is 0.0652. The molecule has 7 N–H and O–H groups in total. The maximum absolute atomic E-state index is 13.8. The van der Waals surface area contributed by atoms with Crippen LogP contribution in [0.3, 0.4) is 0 Å². The van der Waals surface area contributed by atoms with Gasteiger partial charge in [0.1, 0.15) is 22.5 Å². The Kier molecular flexibility index (Phi) is 19.2. The van der Waals surface area contributed by atoms with Crippen LogP contribution in [0.1, 0.15) is 89.2 Å². The lowest BCUT2D eigenvalue weighted by atomic mass is 9.72. The molecule has 2 aliphatic heterocycles. The zero-order chi connectivity index (χ0) is 51.4. The van der Waals surface area contributed by atoms with Crippen molar-refractivity contribution in [2.75, 3.05) is 42.4 Å². The fourth-order valence-electron chi connectivity index (χ4n) is 9.50. The fraction of sp³-hybridized carbons (Fsp3) is 0.491. The summed E-state index contributed by atoms with van der Waals surface area (Å²) in [5, 5.41) is 24.6. The molecule has 71 heavy (non-hydrogen) atoms. The van der Waals surface area contributed by atoms with Crippen LogP contribution in [0.4, 0.5) is 16.2 Å². The van der Waals surface area contributed by atoms with Crippen molar-refractivity contribution in [1.82, 2.24) is 25.8 Å². The molecule has 382 valence electrons. The van der Waals surface area contributed by atoms with Crippen LogP contribution in [0, 0.1) is 11.8 Å². The number of piperidine rings is 1. The number of thioether (sulfide) groups is 1. The molecule has 0 unspecified atom stereocenters. The summed E-state index contributed by atoms with van der Waals surface area (Å²) in [5.74, 6) is 0.174. The van der Waals surface area contributed by atoms with Gasteiger partial charge in [0, 0.05) is 35.8 Å². The Morgan fingerprint density at radius 2 is 1.66 bits per heavy atom. The van der Waals surface area contributed by atoms with Gasteiger partial charge in [-0.25, -0.2) is 9.78 Å². The van der Waals surface area contributed by atoms with Gasteiger partial charge in [-0.05, 0) is 102 Å². The molecule has 16 nitrogen and oxygen atoms in total. The summed E-state index contributed by atoms with van der Waals surface area (Å²) < 4.78 is 10.7. The molecule has 4 aromatic rings. The first-order chi connectivity index (χ1) is 33.8. The summed E-state index contributed by atoms with van der Waals surface area (Å²) in [6.07, 6.45) is 5.42. The van der Waals surface area contributed by atoms with Crippen molar-refractivity contribution in [3.8, 4) is 5.75 Å². The Labute approximate surface area is 426 Å². The molecule has 1 saturated carbocycles. The van der Waals surface area contributed by atoms with Crippen LogP contribution >= 0.6 is 24.0 Å². The van der Waals surface area contributed by atoms with E-state index >= 15 is 0 Å². The average molecular weight is 1010 g/mol. The van der Waals surface area contributed by atoms with E-state index < -0.39 is 60.0 Å². The van der Waals surface area contributed by atoms with Gasteiger partial charge < -0.3 is 41.6 Å². The molecule has 0 radical (unpaired) electrons. The number of aliphatic hydroxyl groups is 1. The minimum absolute atomic E-state index is 0.0566. The minimum atomic E-state index is -1.30. The Balaban J connectivity index is 0.000000313. The van der Waals surface area contributed by atoms with Gasteiger partial charge >= 0.3 is 6.09 Å². The Bertz CT molecular complexity index is 2510. The predicted octanol–water partition coefficient (Wildman–Crippen LogP) is 6.62. The number of anilines is 2. The maximum atomic E-state index is 13.8. The van der Waals surface area contributed by atoms with Crippen molar-refractivity contribution in [1.29, 1.82) is 0 Å². The highest BCUT2D eigenvalue weighted by Gasteiger charge is 2.42. The van der Waals surface area contributed by atoms with E-state index in [1.165, 1.54) is 6.42 Å². The molecular weight excluding hydrogens is 941 g/mol. The van der Waals surface area contributed by atoms with Crippen LogP contribution in [0.15, 0.2) is 84.9 Å². The smallest absolute Gasteiger partial charge is 0.415 e. The lowest BCUT2D eigenvalue weighted by Crippen LogP contribution is -2.61. The summed E-state index contributed by atoms with van der Waals surface area (Å²) in [6, 6.07) is 22.9. The van der Waals surface area contributed by atoms with Crippen molar-refractivity contribution in [3.63, 3.8) is 0 Å². The van der Waals surface area contributed by atoms with E-state index in [0.717, 1.165) is 48.0 Å². The highest BCUT2D eigenvalue weighted by Crippen LogP contribution is 2.39. The lowest BCUT2D eigenvalue weighted by molar-refractivity contribution is -0.133. The number of β-amino-alcohol motifs (C(OH)–C–C–N with tert-alkyl or cyclic N) is 1. The summed E-state index contributed by atoms with van der Waals surface area (Å²) in [6.45, 7) is 10.4. The highest BCUT2D eigenvalue weighted by molar-refractivity contribution is 7.98. The number of aliphatic hydroxyl groups excluding tert-OH is 1. The van der Waals surface area contributed by atoms with Crippen molar-refractivity contribution >= 4 is 81.0 Å². The number of fused-ring (bicyclic) bond motifs is 3. The monoisotopic (exact) mass is 1010 g/mol. The number of thiocarbonyl (C=S) groups is 1. The van der Waals surface area contributed by atoms with Crippen molar-refractivity contribution in [2.24, 2.45) is 17.6 Å². The minimum Gasteiger partial charge on any atom is -0.497 e. The van der Waals surface area contributed by atoms with Gasteiger partial charge in [0.25, 0.3) is 5.91 Å². The molecule has 7 rings (SSSR count). The number of primary amides is 1. The van der Waals surface area contributed by atoms with Crippen molar-refractivity contribution < 1.29 is 38.6 Å². The topological polar surface area (TPSA) is 218 Å². The Morgan fingerprint density at radius 3 is 2.34 bits per heavy atom. The van der Waals surface area contributed by atoms with Gasteiger partial charge in [0.15, 0.2) is 0 Å². The number of nitrogens with zero attached hydrogens (tertiary/aromatic N) is 3. The van der Waals surface area contributed by atoms with Crippen LogP contribution in [0.2, 0.25) is 0 Å². The number of likely N-dealkylation sites (tertiary alicyclic amines) is 1. The van der Waals surface area contributed by atoms with Crippen molar-refractivity contribution in [3.05, 3.63) is 96.2 Å². The third-order valence-electron chi connectivity index (χ3n) is 12.9. The summed E-state index contributed by atoms with van der Waals surface area (Å²) in [7, 11) is 1.60. The van der Waals surface area contributed by atoms with Gasteiger partial charge in [0.05, 0.1) is 60.8 Å². The predicted molar refractivity (Wildman–Crippen MR) is 284 cm³/mol. The molecule has 2 fully saturated rings. The number of nitrogens with two attached hydrogens (primary N) is 1. The van der Waals surface area contributed by atoms with E-state index in [1.54, 1.807) is 42.0 Å². The maximum Gasteiger partial charge on any atom is 0.415 e. The molecule has 3 aliphatic rings.